The minimum Gasteiger partial charge on any atom is -0.352 e. The van der Waals surface area contributed by atoms with Gasteiger partial charge in [0.15, 0.2) is 17.0 Å². The summed E-state index contributed by atoms with van der Waals surface area (Å²) in [5.41, 5.74) is 3.26. The Bertz CT molecular complexity index is 1090. The zero-order chi connectivity index (χ0) is 19.9. The molecule has 1 aliphatic heterocycles. The molecule has 1 saturated heterocycles. The van der Waals surface area contributed by atoms with Gasteiger partial charge in [-0.25, -0.2) is 9.97 Å². The van der Waals surface area contributed by atoms with Crippen molar-refractivity contribution in [2.75, 3.05) is 45.2 Å². The molecule has 2 aromatic heterocycles. The second kappa shape index (κ2) is 7.08. The van der Waals surface area contributed by atoms with E-state index in [1.165, 1.54) is 14.9 Å². The number of fused-ring (bicyclic) bond motifs is 1. The molecule has 0 N–H and O–H groups in total. The van der Waals surface area contributed by atoms with Gasteiger partial charge in [0.25, 0.3) is 10.2 Å². The Labute approximate surface area is 163 Å². The van der Waals surface area contributed by atoms with Gasteiger partial charge < -0.3 is 4.90 Å². The standard InChI is InChI=1S/C17H22N8O2S/c1-13-4-6-14(7-5-13)25-17-15(20-21-25)16(18-12-19-17)23-8-10-24(11-9-23)28(26,27)22(2)3/h4-7,12H,8-11H2,1-3H3. The normalized spacial score (nSPS) is 16.2. The molecule has 1 aromatic carbocycles. The van der Waals surface area contributed by atoms with Gasteiger partial charge in [-0.2, -0.15) is 21.7 Å². The Kier molecular flexibility index (Phi) is 4.73. The van der Waals surface area contributed by atoms with Gasteiger partial charge in [-0.3, -0.25) is 0 Å². The lowest BCUT2D eigenvalue weighted by Crippen LogP contribution is -2.52. The Balaban J connectivity index is 1.62. The SMILES string of the molecule is Cc1ccc(-n2nnc3c(N4CCN(S(=O)(=O)N(C)C)CC4)ncnc32)cc1. The molecule has 1 aliphatic rings. The van der Waals surface area contributed by atoms with Crippen LogP contribution >= 0.6 is 0 Å². The summed E-state index contributed by atoms with van der Waals surface area (Å²) in [7, 11) is -0.327. The monoisotopic (exact) mass is 402 g/mol. The fourth-order valence-electron chi connectivity index (χ4n) is 3.19. The summed E-state index contributed by atoms with van der Waals surface area (Å²) in [5.74, 6) is 0.672. The molecule has 0 atom stereocenters. The maximum absolute atomic E-state index is 12.3. The lowest BCUT2D eigenvalue weighted by molar-refractivity contribution is 0.355. The predicted molar refractivity (Wildman–Crippen MR) is 106 cm³/mol. The van der Waals surface area contributed by atoms with Crippen LogP contribution in [0.5, 0.6) is 0 Å². The van der Waals surface area contributed by atoms with E-state index in [-0.39, 0.29) is 0 Å². The van der Waals surface area contributed by atoms with E-state index >= 15 is 0 Å². The van der Waals surface area contributed by atoms with Crippen LogP contribution in [0.4, 0.5) is 5.82 Å². The van der Waals surface area contributed by atoms with E-state index in [1.54, 1.807) is 18.8 Å². The van der Waals surface area contributed by atoms with Gasteiger partial charge in [-0.1, -0.05) is 22.9 Å². The number of nitrogens with zero attached hydrogens (tertiary/aromatic N) is 8. The Morgan fingerprint density at radius 3 is 2.32 bits per heavy atom. The lowest BCUT2D eigenvalue weighted by Gasteiger charge is -2.35. The van der Waals surface area contributed by atoms with E-state index in [0.29, 0.717) is 43.2 Å². The zero-order valence-corrected chi connectivity index (χ0v) is 16.8. The smallest absolute Gasteiger partial charge is 0.281 e. The lowest BCUT2D eigenvalue weighted by atomic mass is 10.2. The van der Waals surface area contributed by atoms with Crippen LogP contribution in [0.3, 0.4) is 0 Å². The predicted octanol–water partition coefficient (Wildman–Crippen LogP) is 0.447. The molecule has 1 fully saturated rings. The van der Waals surface area contributed by atoms with Crippen molar-refractivity contribution < 1.29 is 8.42 Å². The molecule has 0 spiro atoms. The van der Waals surface area contributed by atoms with Crippen molar-refractivity contribution in [3.8, 4) is 5.69 Å². The molecule has 0 aliphatic carbocycles. The van der Waals surface area contributed by atoms with Crippen LogP contribution in [0.1, 0.15) is 5.56 Å². The fourth-order valence-corrected chi connectivity index (χ4v) is 4.28. The summed E-state index contributed by atoms with van der Waals surface area (Å²) < 4.78 is 29.0. The quantitative estimate of drug-likeness (QED) is 0.624. The Morgan fingerprint density at radius 1 is 1.00 bits per heavy atom. The number of hydrogen-bond donors (Lipinski definition) is 0. The second-order valence-electron chi connectivity index (χ2n) is 6.88. The summed E-state index contributed by atoms with van der Waals surface area (Å²) in [6, 6.07) is 7.96. The van der Waals surface area contributed by atoms with Gasteiger partial charge in [0, 0.05) is 40.3 Å². The Morgan fingerprint density at radius 2 is 1.68 bits per heavy atom. The van der Waals surface area contributed by atoms with Crippen LogP contribution in [0.25, 0.3) is 16.9 Å². The second-order valence-corrected chi connectivity index (χ2v) is 9.02. The highest BCUT2D eigenvalue weighted by Gasteiger charge is 2.30. The maximum atomic E-state index is 12.3. The van der Waals surface area contributed by atoms with Crippen molar-refractivity contribution in [1.82, 2.24) is 33.6 Å². The average molecular weight is 402 g/mol. The molecule has 0 bridgehead atoms. The highest BCUT2D eigenvalue weighted by molar-refractivity contribution is 7.86. The largest absolute Gasteiger partial charge is 0.352 e. The number of aromatic nitrogens is 5. The van der Waals surface area contributed by atoms with Crippen molar-refractivity contribution >= 4 is 27.2 Å². The fraction of sp³-hybridized carbons (Fsp3) is 0.412. The van der Waals surface area contributed by atoms with Crippen molar-refractivity contribution in [2.24, 2.45) is 0 Å². The number of rotatable bonds is 4. The molecule has 4 rings (SSSR count). The molecule has 3 aromatic rings. The number of anilines is 1. The molecule has 0 saturated carbocycles. The van der Waals surface area contributed by atoms with Gasteiger partial charge >= 0.3 is 0 Å². The van der Waals surface area contributed by atoms with Gasteiger partial charge in [-0.05, 0) is 19.1 Å². The average Bonchev–Trinajstić information content (AvgIpc) is 3.13. The summed E-state index contributed by atoms with van der Waals surface area (Å²) >= 11 is 0. The van der Waals surface area contributed by atoms with E-state index in [4.69, 9.17) is 0 Å². The van der Waals surface area contributed by atoms with Gasteiger partial charge in [0.1, 0.15) is 6.33 Å². The van der Waals surface area contributed by atoms with E-state index < -0.39 is 10.2 Å². The van der Waals surface area contributed by atoms with Crippen LogP contribution in [-0.4, -0.2) is 82.3 Å². The number of benzene rings is 1. The van der Waals surface area contributed by atoms with Gasteiger partial charge in [-0.15, -0.1) is 5.10 Å². The van der Waals surface area contributed by atoms with Crippen LogP contribution in [0, 0.1) is 6.92 Å². The van der Waals surface area contributed by atoms with Crippen LogP contribution in [0.2, 0.25) is 0 Å². The van der Waals surface area contributed by atoms with Gasteiger partial charge in [0.05, 0.1) is 5.69 Å². The minimum atomic E-state index is -3.41. The number of aryl methyl sites for hydroxylation is 1. The van der Waals surface area contributed by atoms with Crippen molar-refractivity contribution in [3.05, 3.63) is 36.2 Å². The van der Waals surface area contributed by atoms with Crippen molar-refractivity contribution in [3.63, 3.8) is 0 Å². The topological polar surface area (TPSA) is 100 Å². The van der Waals surface area contributed by atoms with E-state index in [2.05, 4.69) is 20.3 Å². The highest BCUT2D eigenvalue weighted by Crippen LogP contribution is 2.24. The number of hydrogen-bond acceptors (Lipinski definition) is 7. The molecule has 3 heterocycles. The Hall–Kier alpha value is -2.63. The molecule has 148 valence electrons. The molecule has 0 unspecified atom stereocenters. The molecular weight excluding hydrogens is 380 g/mol. The van der Waals surface area contributed by atoms with Crippen molar-refractivity contribution in [2.45, 2.75) is 6.92 Å². The van der Waals surface area contributed by atoms with Gasteiger partial charge in [0.2, 0.25) is 0 Å². The first kappa shape index (κ1) is 18.7. The third kappa shape index (κ3) is 3.21. The van der Waals surface area contributed by atoms with E-state index in [1.807, 2.05) is 36.1 Å². The zero-order valence-electron chi connectivity index (χ0n) is 16.0. The third-order valence-corrected chi connectivity index (χ3v) is 6.76. The molecule has 11 heteroatoms. The first-order valence-corrected chi connectivity index (χ1v) is 10.3. The third-order valence-electron chi connectivity index (χ3n) is 4.82. The summed E-state index contributed by atoms with van der Waals surface area (Å²) in [5, 5.41) is 8.55. The first-order valence-electron chi connectivity index (χ1n) is 8.94. The van der Waals surface area contributed by atoms with Crippen LogP contribution in [0.15, 0.2) is 30.6 Å². The van der Waals surface area contributed by atoms with E-state index in [0.717, 1.165) is 11.3 Å². The summed E-state index contributed by atoms with van der Waals surface area (Å²) in [6.07, 6.45) is 1.49. The molecular formula is C17H22N8O2S. The maximum Gasteiger partial charge on any atom is 0.281 e. The van der Waals surface area contributed by atoms with Crippen molar-refractivity contribution in [1.29, 1.82) is 0 Å². The number of piperazine rings is 1. The molecule has 28 heavy (non-hydrogen) atoms. The van der Waals surface area contributed by atoms with E-state index in [9.17, 15) is 8.42 Å². The van der Waals surface area contributed by atoms with Crippen LogP contribution in [-0.2, 0) is 10.2 Å². The molecule has 10 nitrogen and oxygen atoms in total. The highest BCUT2D eigenvalue weighted by atomic mass is 32.2. The summed E-state index contributed by atoms with van der Waals surface area (Å²) in [4.78, 5) is 10.8. The first-order chi connectivity index (χ1) is 13.4. The molecule has 0 amide bonds. The summed E-state index contributed by atoms with van der Waals surface area (Å²) in [6.45, 7) is 3.85. The van der Waals surface area contributed by atoms with Crippen LogP contribution < -0.4 is 4.90 Å². The molecule has 0 radical (unpaired) electrons. The minimum absolute atomic E-state index is 0.387.